The lowest BCUT2D eigenvalue weighted by molar-refractivity contribution is 0.0988. The molecule has 0 unspecified atom stereocenters. The van der Waals surface area contributed by atoms with Crippen LogP contribution in [-0.2, 0) is 0 Å². The quantitative estimate of drug-likeness (QED) is 0.810. The molecule has 0 radical (unpaired) electrons. The smallest absolute Gasteiger partial charge is 0.258 e. The molecule has 0 atom stereocenters. The molecule has 0 spiro atoms. The Bertz CT molecular complexity index is 575. The third kappa shape index (κ3) is 2.68. The van der Waals surface area contributed by atoms with Gasteiger partial charge in [-0.25, -0.2) is 0 Å². The van der Waals surface area contributed by atoms with Crippen molar-refractivity contribution in [2.45, 2.75) is 20.8 Å². The third-order valence-corrected chi connectivity index (χ3v) is 3.45. The van der Waals surface area contributed by atoms with Crippen LogP contribution >= 0.6 is 0 Å². The van der Waals surface area contributed by atoms with E-state index in [1.165, 1.54) is 5.56 Å². The van der Waals surface area contributed by atoms with Gasteiger partial charge in [-0.1, -0.05) is 30.3 Å². The molecule has 0 bridgehead atoms. The second kappa shape index (κ2) is 5.70. The van der Waals surface area contributed by atoms with E-state index in [2.05, 4.69) is 19.9 Å². The van der Waals surface area contributed by atoms with Crippen LogP contribution in [0.25, 0.3) is 0 Å². The zero-order valence-corrected chi connectivity index (χ0v) is 11.7. The Morgan fingerprint density at radius 2 is 1.68 bits per heavy atom. The second-order valence-electron chi connectivity index (χ2n) is 4.63. The zero-order chi connectivity index (χ0) is 13.8. The van der Waals surface area contributed by atoms with Gasteiger partial charge < -0.3 is 4.90 Å². The van der Waals surface area contributed by atoms with Crippen LogP contribution in [0.1, 0.15) is 28.4 Å². The Kier molecular flexibility index (Phi) is 4.00. The number of benzene rings is 2. The fraction of sp³-hybridized carbons (Fsp3) is 0.235. The number of rotatable bonds is 3. The minimum Gasteiger partial charge on any atom is -0.308 e. The molecule has 0 saturated heterocycles. The molecule has 0 saturated carbocycles. The SMILES string of the molecule is CCN(C(=O)c1ccccc1)c1cccc(C)c1C. The van der Waals surface area contributed by atoms with Crippen molar-refractivity contribution in [3.63, 3.8) is 0 Å². The van der Waals surface area contributed by atoms with Crippen LogP contribution in [0.5, 0.6) is 0 Å². The highest BCUT2D eigenvalue weighted by atomic mass is 16.2. The molecule has 2 aromatic carbocycles. The highest BCUT2D eigenvalue weighted by Gasteiger charge is 2.17. The molecule has 0 heterocycles. The van der Waals surface area contributed by atoms with Crippen molar-refractivity contribution >= 4 is 11.6 Å². The molecule has 0 aliphatic rings. The number of carbonyl (C=O) groups is 1. The molecular weight excluding hydrogens is 234 g/mol. The maximum absolute atomic E-state index is 12.6. The van der Waals surface area contributed by atoms with Gasteiger partial charge in [0.05, 0.1) is 0 Å². The van der Waals surface area contributed by atoms with E-state index in [9.17, 15) is 4.79 Å². The Labute approximate surface area is 114 Å². The van der Waals surface area contributed by atoms with E-state index in [1.807, 2.05) is 54.3 Å². The lowest BCUT2D eigenvalue weighted by atomic mass is 10.1. The van der Waals surface area contributed by atoms with E-state index in [0.717, 1.165) is 16.8 Å². The van der Waals surface area contributed by atoms with Gasteiger partial charge in [-0.2, -0.15) is 0 Å². The second-order valence-corrected chi connectivity index (χ2v) is 4.63. The van der Waals surface area contributed by atoms with E-state index in [4.69, 9.17) is 0 Å². The molecule has 2 aromatic rings. The van der Waals surface area contributed by atoms with Crippen LogP contribution in [0.15, 0.2) is 48.5 Å². The van der Waals surface area contributed by atoms with Crippen molar-refractivity contribution < 1.29 is 4.79 Å². The first kappa shape index (κ1) is 13.3. The summed E-state index contributed by atoms with van der Waals surface area (Å²) in [7, 11) is 0. The van der Waals surface area contributed by atoms with Gasteiger partial charge in [0.2, 0.25) is 0 Å². The molecule has 2 rings (SSSR count). The Balaban J connectivity index is 2.40. The summed E-state index contributed by atoms with van der Waals surface area (Å²) in [6.45, 7) is 6.80. The largest absolute Gasteiger partial charge is 0.308 e. The van der Waals surface area contributed by atoms with Crippen molar-refractivity contribution in [1.82, 2.24) is 0 Å². The fourth-order valence-electron chi connectivity index (χ4n) is 2.19. The topological polar surface area (TPSA) is 20.3 Å². The fourth-order valence-corrected chi connectivity index (χ4v) is 2.19. The molecule has 0 fully saturated rings. The summed E-state index contributed by atoms with van der Waals surface area (Å²) in [6, 6.07) is 15.5. The van der Waals surface area contributed by atoms with Crippen LogP contribution in [0, 0.1) is 13.8 Å². The summed E-state index contributed by atoms with van der Waals surface area (Å²) >= 11 is 0. The van der Waals surface area contributed by atoms with Crippen molar-refractivity contribution in [1.29, 1.82) is 0 Å². The number of anilines is 1. The van der Waals surface area contributed by atoms with Gasteiger partial charge in [0.25, 0.3) is 5.91 Å². The van der Waals surface area contributed by atoms with Gasteiger partial charge in [-0.15, -0.1) is 0 Å². The first-order valence-corrected chi connectivity index (χ1v) is 6.58. The molecule has 1 amide bonds. The van der Waals surface area contributed by atoms with Crippen molar-refractivity contribution in [3.8, 4) is 0 Å². The first-order chi connectivity index (χ1) is 9.15. The molecule has 0 aliphatic carbocycles. The van der Waals surface area contributed by atoms with Gasteiger partial charge in [-0.3, -0.25) is 4.79 Å². The molecule has 0 aliphatic heterocycles. The van der Waals surface area contributed by atoms with Crippen molar-refractivity contribution in [3.05, 3.63) is 65.2 Å². The summed E-state index contributed by atoms with van der Waals surface area (Å²) < 4.78 is 0. The maximum atomic E-state index is 12.6. The lowest BCUT2D eigenvalue weighted by Gasteiger charge is -2.24. The Morgan fingerprint density at radius 3 is 2.32 bits per heavy atom. The number of aryl methyl sites for hydroxylation is 1. The van der Waals surface area contributed by atoms with Crippen LogP contribution < -0.4 is 4.90 Å². The predicted molar refractivity (Wildman–Crippen MR) is 79.7 cm³/mol. The van der Waals surface area contributed by atoms with Gasteiger partial charge in [-0.05, 0) is 50.1 Å². The van der Waals surface area contributed by atoms with Crippen LogP contribution in [0.4, 0.5) is 5.69 Å². The van der Waals surface area contributed by atoms with Gasteiger partial charge in [0.1, 0.15) is 0 Å². The highest BCUT2D eigenvalue weighted by molar-refractivity contribution is 6.06. The van der Waals surface area contributed by atoms with Gasteiger partial charge in [0.15, 0.2) is 0 Å². The number of hydrogen-bond acceptors (Lipinski definition) is 1. The van der Waals surface area contributed by atoms with Crippen LogP contribution in [0.2, 0.25) is 0 Å². The molecule has 0 aromatic heterocycles. The van der Waals surface area contributed by atoms with E-state index >= 15 is 0 Å². The molecule has 98 valence electrons. The highest BCUT2D eigenvalue weighted by Crippen LogP contribution is 2.24. The van der Waals surface area contributed by atoms with Crippen LogP contribution in [-0.4, -0.2) is 12.5 Å². The Morgan fingerprint density at radius 1 is 1.00 bits per heavy atom. The van der Waals surface area contributed by atoms with Crippen molar-refractivity contribution in [2.75, 3.05) is 11.4 Å². The minimum absolute atomic E-state index is 0.0526. The monoisotopic (exact) mass is 253 g/mol. The van der Waals surface area contributed by atoms with E-state index in [-0.39, 0.29) is 5.91 Å². The average molecular weight is 253 g/mol. The van der Waals surface area contributed by atoms with E-state index in [0.29, 0.717) is 6.54 Å². The standard InChI is InChI=1S/C17H19NO/c1-4-18(16-12-8-9-13(2)14(16)3)17(19)15-10-6-5-7-11-15/h5-12H,4H2,1-3H3. The number of nitrogens with zero attached hydrogens (tertiary/aromatic N) is 1. The number of amides is 1. The molecule has 2 heteroatoms. The zero-order valence-electron chi connectivity index (χ0n) is 11.7. The lowest BCUT2D eigenvalue weighted by Crippen LogP contribution is -2.31. The number of hydrogen-bond donors (Lipinski definition) is 0. The molecule has 19 heavy (non-hydrogen) atoms. The van der Waals surface area contributed by atoms with E-state index in [1.54, 1.807) is 0 Å². The van der Waals surface area contributed by atoms with Crippen molar-refractivity contribution in [2.24, 2.45) is 0 Å². The summed E-state index contributed by atoms with van der Waals surface area (Å²) in [6.07, 6.45) is 0. The van der Waals surface area contributed by atoms with Crippen LogP contribution in [0.3, 0.4) is 0 Å². The average Bonchev–Trinajstić information content (AvgIpc) is 2.45. The predicted octanol–water partition coefficient (Wildman–Crippen LogP) is 3.97. The molecular formula is C17H19NO. The summed E-state index contributed by atoms with van der Waals surface area (Å²) in [4.78, 5) is 14.4. The maximum Gasteiger partial charge on any atom is 0.258 e. The Hall–Kier alpha value is -2.09. The number of carbonyl (C=O) groups excluding carboxylic acids is 1. The third-order valence-electron chi connectivity index (χ3n) is 3.45. The van der Waals surface area contributed by atoms with E-state index < -0.39 is 0 Å². The van der Waals surface area contributed by atoms with Gasteiger partial charge in [0, 0.05) is 17.8 Å². The molecule has 2 nitrogen and oxygen atoms in total. The summed E-state index contributed by atoms with van der Waals surface area (Å²) in [5, 5.41) is 0. The minimum atomic E-state index is 0.0526. The summed E-state index contributed by atoms with van der Waals surface area (Å²) in [5.41, 5.74) is 4.09. The normalized spacial score (nSPS) is 10.3. The first-order valence-electron chi connectivity index (χ1n) is 6.58. The summed E-state index contributed by atoms with van der Waals surface area (Å²) in [5.74, 6) is 0.0526. The van der Waals surface area contributed by atoms with Gasteiger partial charge >= 0.3 is 0 Å². The molecule has 0 N–H and O–H groups in total.